The van der Waals surface area contributed by atoms with Crippen molar-refractivity contribution in [1.82, 2.24) is 24.6 Å². The summed E-state index contributed by atoms with van der Waals surface area (Å²) >= 11 is 0. The fourth-order valence-corrected chi connectivity index (χ4v) is 3.01. The first kappa shape index (κ1) is 15.5. The number of rotatable bonds is 4. The van der Waals surface area contributed by atoms with Crippen LogP contribution < -0.4 is 4.74 Å². The number of pyridine rings is 1. The van der Waals surface area contributed by atoms with Gasteiger partial charge in [-0.1, -0.05) is 0 Å². The molecule has 0 spiro atoms. The van der Waals surface area contributed by atoms with E-state index in [1.807, 2.05) is 23.4 Å². The number of carbonyl (C=O) groups excluding carboxylic acids is 1. The standard InChI is InChI=1S/C16H21N5O2/c1-3-23-15-13(7-4-8-17-15)16(22)21-9-5-6-12(10-21)14-19-18-11-20(14)2/h4,7-8,11-12H,3,5-6,9-10H2,1-2H3. The zero-order valence-corrected chi connectivity index (χ0v) is 13.5. The van der Waals surface area contributed by atoms with E-state index in [9.17, 15) is 4.79 Å². The third kappa shape index (κ3) is 3.18. The van der Waals surface area contributed by atoms with Gasteiger partial charge >= 0.3 is 0 Å². The molecule has 0 aromatic carbocycles. The Bertz CT molecular complexity index is 685. The second-order valence-electron chi connectivity index (χ2n) is 5.68. The minimum absolute atomic E-state index is 0.0339. The SMILES string of the molecule is CCOc1ncccc1C(=O)N1CCCC(c2nncn2C)C1. The molecule has 1 saturated heterocycles. The smallest absolute Gasteiger partial charge is 0.259 e. The van der Waals surface area contributed by atoms with E-state index >= 15 is 0 Å². The van der Waals surface area contributed by atoms with Crippen LogP contribution in [0.2, 0.25) is 0 Å². The minimum atomic E-state index is -0.0339. The van der Waals surface area contributed by atoms with Crippen LogP contribution in [0.15, 0.2) is 24.7 Å². The Labute approximate surface area is 135 Å². The predicted molar refractivity (Wildman–Crippen MR) is 84.3 cm³/mol. The lowest BCUT2D eigenvalue weighted by atomic mass is 9.96. The molecule has 0 bridgehead atoms. The van der Waals surface area contributed by atoms with Gasteiger partial charge < -0.3 is 14.2 Å². The van der Waals surface area contributed by atoms with Gasteiger partial charge in [-0.3, -0.25) is 4.79 Å². The third-order valence-electron chi connectivity index (χ3n) is 4.10. The van der Waals surface area contributed by atoms with Crippen molar-refractivity contribution in [1.29, 1.82) is 0 Å². The molecule has 1 unspecified atom stereocenters. The van der Waals surface area contributed by atoms with Gasteiger partial charge in [-0.15, -0.1) is 10.2 Å². The predicted octanol–water partition coefficient (Wildman–Crippen LogP) is 1.63. The number of likely N-dealkylation sites (tertiary alicyclic amines) is 1. The van der Waals surface area contributed by atoms with E-state index < -0.39 is 0 Å². The van der Waals surface area contributed by atoms with E-state index in [-0.39, 0.29) is 11.8 Å². The zero-order valence-electron chi connectivity index (χ0n) is 13.5. The molecular weight excluding hydrogens is 294 g/mol. The zero-order chi connectivity index (χ0) is 16.2. The van der Waals surface area contributed by atoms with E-state index in [1.165, 1.54) is 0 Å². The number of nitrogens with zero attached hydrogens (tertiary/aromatic N) is 5. The molecule has 1 fully saturated rings. The first-order valence-corrected chi connectivity index (χ1v) is 7.91. The minimum Gasteiger partial charge on any atom is -0.477 e. The molecule has 1 aliphatic heterocycles. The first-order chi connectivity index (χ1) is 11.2. The van der Waals surface area contributed by atoms with Crippen molar-refractivity contribution < 1.29 is 9.53 Å². The molecule has 1 amide bonds. The maximum absolute atomic E-state index is 12.9. The molecule has 122 valence electrons. The van der Waals surface area contributed by atoms with Crippen LogP contribution in [0, 0.1) is 0 Å². The molecule has 2 aromatic rings. The molecule has 3 heterocycles. The number of carbonyl (C=O) groups is 1. The number of aromatic nitrogens is 4. The van der Waals surface area contributed by atoms with Gasteiger partial charge in [0, 0.05) is 32.3 Å². The average Bonchev–Trinajstić information content (AvgIpc) is 3.01. The van der Waals surface area contributed by atoms with Gasteiger partial charge in [0.15, 0.2) is 0 Å². The van der Waals surface area contributed by atoms with E-state index in [0.717, 1.165) is 25.2 Å². The van der Waals surface area contributed by atoms with Crippen LogP contribution >= 0.6 is 0 Å². The maximum atomic E-state index is 12.9. The van der Waals surface area contributed by atoms with E-state index in [4.69, 9.17) is 4.74 Å². The second-order valence-corrected chi connectivity index (χ2v) is 5.68. The van der Waals surface area contributed by atoms with Gasteiger partial charge in [-0.05, 0) is 31.9 Å². The fraction of sp³-hybridized carbons (Fsp3) is 0.500. The Morgan fingerprint density at radius 3 is 3.09 bits per heavy atom. The lowest BCUT2D eigenvalue weighted by Crippen LogP contribution is -2.40. The summed E-state index contributed by atoms with van der Waals surface area (Å²) in [4.78, 5) is 18.9. The summed E-state index contributed by atoms with van der Waals surface area (Å²) in [6.07, 6.45) is 5.31. The van der Waals surface area contributed by atoms with Crippen molar-refractivity contribution in [3.8, 4) is 5.88 Å². The first-order valence-electron chi connectivity index (χ1n) is 7.91. The molecule has 7 heteroatoms. The topological polar surface area (TPSA) is 73.1 Å². The number of hydrogen-bond donors (Lipinski definition) is 0. The van der Waals surface area contributed by atoms with Gasteiger partial charge in [-0.2, -0.15) is 0 Å². The molecule has 0 aliphatic carbocycles. The average molecular weight is 315 g/mol. The van der Waals surface area contributed by atoms with Crippen molar-refractivity contribution in [3.05, 3.63) is 36.0 Å². The Morgan fingerprint density at radius 1 is 1.48 bits per heavy atom. The number of ether oxygens (including phenoxy) is 1. The molecule has 1 aliphatic rings. The second kappa shape index (κ2) is 6.76. The molecule has 0 saturated carbocycles. The van der Waals surface area contributed by atoms with Crippen molar-refractivity contribution in [3.63, 3.8) is 0 Å². The monoisotopic (exact) mass is 315 g/mol. The van der Waals surface area contributed by atoms with E-state index in [0.29, 0.717) is 24.6 Å². The molecule has 23 heavy (non-hydrogen) atoms. The van der Waals surface area contributed by atoms with Crippen molar-refractivity contribution in [2.24, 2.45) is 7.05 Å². The summed E-state index contributed by atoms with van der Waals surface area (Å²) in [5, 5.41) is 8.13. The third-order valence-corrected chi connectivity index (χ3v) is 4.10. The van der Waals surface area contributed by atoms with Crippen LogP contribution in [0.25, 0.3) is 0 Å². The van der Waals surface area contributed by atoms with Crippen molar-refractivity contribution in [2.75, 3.05) is 19.7 Å². The van der Waals surface area contributed by atoms with Gasteiger partial charge in [0.05, 0.1) is 6.61 Å². The Morgan fingerprint density at radius 2 is 2.35 bits per heavy atom. The molecule has 7 nitrogen and oxygen atoms in total. The van der Waals surface area contributed by atoms with Gasteiger partial charge in [0.2, 0.25) is 5.88 Å². The summed E-state index contributed by atoms with van der Waals surface area (Å²) in [5.41, 5.74) is 0.521. The lowest BCUT2D eigenvalue weighted by Gasteiger charge is -2.32. The van der Waals surface area contributed by atoms with Crippen LogP contribution in [-0.4, -0.2) is 50.3 Å². The van der Waals surface area contributed by atoms with Crippen LogP contribution in [0.3, 0.4) is 0 Å². The van der Waals surface area contributed by atoms with Crippen LogP contribution in [0.4, 0.5) is 0 Å². The maximum Gasteiger partial charge on any atom is 0.259 e. The lowest BCUT2D eigenvalue weighted by molar-refractivity contribution is 0.0698. The summed E-state index contributed by atoms with van der Waals surface area (Å²) < 4.78 is 7.41. The molecule has 3 rings (SSSR count). The molecular formula is C16H21N5O2. The highest BCUT2D eigenvalue weighted by Gasteiger charge is 2.29. The van der Waals surface area contributed by atoms with E-state index in [2.05, 4.69) is 15.2 Å². The number of aryl methyl sites for hydroxylation is 1. The Balaban J connectivity index is 1.79. The molecule has 0 N–H and O–H groups in total. The van der Waals surface area contributed by atoms with E-state index in [1.54, 1.807) is 24.7 Å². The Hall–Kier alpha value is -2.44. The summed E-state index contributed by atoms with van der Waals surface area (Å²) in [7, 11) is 1.93. The van der Waals surface area contributed by atoms with Crippen molar-refractivity contribution in [2.45, 2.75) is 25.7 Å². The fourth-order valence-electron chi connectivity index (χ4n) is 3.01. The quantitative estimate of drug-likeness (QED) is 0.857. The number of hydrogen-bond acceptors (Lipinski definition) is 5. The largest absolute Gasteiger partial charge is 0.477 e. The normalized spacial score (nSPS) is 18.0. The van der Waals surface area contributed by atoms with Gasteiger partial charge in [0.25, 0.3) is 5.91 Å². The number of piperidine rings is 1. The highest BCUT2D eigenvalue weighted by atomic mass is 16.5. The Kier molecular flexibility index (Phi) is 4.55. The molecule has 1 atom stereocenters. The van der Waals surface area contributed by atoms with Crippen molar-refractivity contribution >= 4 is 5.91 Å². The van der Waals surface area contributed by atoms with Gasteiger partial charge in [0.1, 0.15) is 17.7 Å². The van der Waals surface area contributed by atoms with Crippen LogP contribution in [0.1, 0.15) is 41.9 Å². The summed E-state index contributed by atoms with van der Waals surface area (Å²) in [5.74, 6) is 1.51. The summed E-state index contributed by atoms with van der Waals surface area (Å²) in [6, 6.07) is 3.53. The molecule has 0 radical (unpaired) electrons. The summed E-state index contributed by atoms with van der Waals surface area (Å²) in [6.45, 7) is 3.76. The van der Waals surface area contributed by atoms with Crippen LogP contribution in [0.5, 0.6) is 5.88 Å². The van der Waals surface area contributed by atoms with Gasteiger partial charge in [-0.25, -0.2) is 4.98 Å². The number of amides is 1. The molecule has 2 aromatic heterocycles. The highest BCUT2D eigenvalue weighted by Crippen LogP contribution is 2.27. The van der Waals surface area contributed by atoms with Crippen LogP contribution in [-0.2, 0) is 7.05 Å². The highest BCUT2D eigenvalue weighted by molar-refractivity contribution is 5.96.